The molecule has 1 fully saturated rings. The Bertz CT molecular complexity index is 275. The minimum atomic E-state index is 0.428. The van der Waals surface area contributed by atoms with Gasteiger partial charge < -0.3 is 9.32 Å². The number of amides is 1. The normalized spacial score (nSPS) is 17.1. The molecule has 1 aliphatic carbocycles. The number of furan rings is 1. The number of nitrogens with zero attached hydrogens (tertiary/aromatic N) is 1. The molecule has 0 unspecified atom stereocenters. The quantitative estimate of drug-likeness (QED) is 0.687. The van der Waals surface area contributed by atoms with Crippen molar-refractivity contribution in [1.29, 1.82) is 0 Å². The van der Waals surface area contributed by atoms with E-state index in [0.29, 0.717) is 12.6 Å². The first kappa shape index (κ1) is 9.31. The molecule has 0 radical (unpaired) electrons. The van der Waals surface area contributed by atoms with Gasteiger partial charge in [-0.2, -0.15) is 0 Å². The fourth-order valence-electron chi connectivity index (χ4n) is 2.07. The maximum atomic E-state index is 10.9. The van der Waals surface area contributed by atoms with E-state index in [1.54, 1.807) is 6.26 Å². The van der Waals surface area contributed by atoms with Crippen LogP contribution in [0.4, 0.5) is 0 Å². The van der Waals surface area contributed by atoms with Crippen molar-refractivity contribution in [1.82, 2.24) is 4.90 Å². The summed E-state index contributed by atoms with van der Waals surface area (Å²) in [6.07, 6.45) is 7.35. The molecule has 0 aromatic carbocycles. The Hall–Kier alpha value is -1.25. The van der Waals surface area contributed by atoms with Crippen LogP contribution in [0.5, 0.6) is 0 Å². The molecule has 1 aromatic rings. The van der Waals surface area contributed by atoms with Crippen molar-refractivity contribution >= 4 is 6.41 Å². The molecule has 0 aliphatic heterocycles. The summed E-state index contributed by atoms with van der Waals surface area (Å²) in [7, 11) is 0. The Balaban J connectivity index is 1.95. The van der Waals surface area contributed by atoms with Gasteiger partial charge in [0.2, 0.25) is 6.41 Å². The molecular formula is C11H15NO2. The van der Waals surface area contributed by atoms with Gasteiger partial charge in [-0.3, -0.25) is 4.79 Å². The highest BCUT2D eigenvalue weighted by Gasteiger charge is 2.21. The van der Waals surface area contributed by atoms with E-state index in [1.165, 1.54) is 12.8 Å². The molecule has 1 heterocycles. The number of hydrogen-bond donors (Lipinski definition) is 0. The van der Waals surface area contributed by atoms with Crippen LogP contribution in [0.1, 0.15) is 31.4 Å². The summed E-state index contributed by atoms with van der Waals surface area (Å²) in [5, 5.41) is 0. The SMILES string of the molecule is O=CN(Cc1ccco1)C1CCCC1. The Morgan fingerprint density at radius 2 is 2.29 bits per heavy atom. The average Bonchev–Trinajstić information content (AvgIpc) is 2.86. The van der Waals surface area contributed by atoms with Crippen LogP contribution < -0.4 is 0 Å². The molecular weight excluding hydrogens is 178 g/mol. The van der Waals surface area contributed by atoms with Gasteiger partial charge in [0.15, 0.2) is 0 Å². The van der Waals surface area contributed by atoms with Crippen molar-refractivity contribution in [3.63, 3.8) is 0 Å². The first-order valence-electron chi connectivity index (χ1n) is 5.13. The van der Waals surface area contributed by atoms with Crippen molar-refractivity contribution in [2.45, 2.75) is 38.3 Å². The second kappa shape index (κ2) is 4.31. The van der Waals surface area contributed by atoms with E-state index in [2.05, 4.69) is 0 Å². The van der Waals surface area contributed by atoms with Gasteiger partial charge in [-0.25, -0.2) is 0 Å². The number of carbonyl (C=O) groups excluding carboxylic acids is 1. The predicted octanol–water partition coefficient (Wildman–Crippen LogP) is 2.18. The zero-order valence-corrected chi connectivity index (χ0v) is 8.19. The van der Waals surface area contributed by atoms with Crippen LogP contribution in [-0.2, 0) is 11.3 Å². The molecule has 0 N–H and O–H groups in total. The van der Waals surface area contributed by atoms with Crippen molar-refractivity contribution in [2.75, 3.05) is 0 Å². The summed E-state index contributed by atoms with van der Waals surface area (Å²) in [5.41, 5.74) is 0. The van der Waals surface area contributed by atoms with Gasteiger partial charge in [0.05, 0.1) is 12.8 Å². The minimum Gasteiger partial charge on any atom is -0.467 e. The van der Waals surface area contributed by atoms with E-state index in [4.69, 9.17) is 4.42 Å². The van der Waals surface area contributed by atoms with Gasteiger partial charge in [-0.1, -0.05) is 12.8 Å². The molecule has 1 amide bonds. The third-order valence-corrected chi connectivity index (χ3v) is 2.85. The molecule has 76 valence electrons. The molecule has 1 aromatic heterocycles. The molecule has 0 atom stereocenters. The summed E-state index contributed by atoms with van der Waals surface area (Å²) in [6.45, 7) is 0.612. The lowest BCUT2D eigenvalue weighted by atomic mass is 10.2. The second-order valence-corrected chi connectivity index (χ2v) is 3.80. The highest BCUT2D eigenvalue weighted by Crippen LogP contribution is 2.23. The maximum absolute atomic E-state index is 10.9. The number of rotatable bonds is 4. The standard InChI is InChI=1S/C11H15NO2/c13-9-12(10-4-1-2-5-10)8-11-6-3-7-14-11/h3,6-7,9-10H,1-2,4-5,8H2. The van der Waals surface area contributed by atoms with Crippen LogP contribution in [0.25, 0.3) is 0 Å². The molecule has 1 saturated carbocycles. The third kappa shape index (κ3) is 1.97. The zero-order valence-electron chi connectivity index (χ0n) is 8.19. The Kier molecular flexibility index (Phi) is 2.87. The summed E-state index contributed by atoms with van der Waals surface area (Å²) < 4.78 is 5.22. The third-order valence-electron chi connectivity index (χ3n) is 2.85. The van der Waals surface area contributed by atoms with E-state index in [1.807, 2.05) is 17.0 Å². The molecule has 2 rings (SSSR count). The summed E-state index contributed by atoms with van der Waals surface area (Å²) >= 11 is 0. The van der Waals surface area contributed by atoms with Crippen LogP contribution in [0.3, 0.4) is 0 Å². The molecule has 14 heavy (non-hydrogen) atoms. The molecule has 0 spiro atoms. The molecule has 1 aliphatic rings. The van der Waals surface area contributed by atoms with Gasteiger partial charge in [0.1, 0.15) is 5.76 Å². The van der Waals surface area contributed by atoms with Gasteiger partial charge in [-0.05, 0) is 25.0 Å². The zero-order chi connectivity index (χ0) is 9.80. The first-order chi connectivity index (χ1) is 6.90. The topological polar surface area (TPSA) is 33.5 Å². The van der Waals surface area contributed by atoms with Crippen LogP contribution in [0.2, 0.25) is 0 Å². The van der Waals surface area contributed by atoms with Crippen LogP contribution in [0, 0.1) is 0 Å². The lowest BCUT2D eigenvalue weighted by Crippen LogP contribution is -2.31. The highest BCUT2D eigenvalue weighted by molar-refractivity contribution is 5.47. The number of hydrogen-bond acceptors (Lipinski definition) is 2. The van der Waals surface area contributed by atoms with Crippen molar-refractivity contribution in [2.24, 2.45) is 0 Å². The smallest absolute Gasteiger partial charge is 0.210 e. The predicted molar refractivity (Wildman–Crippen MR) is 52.6 cm³/mol. The molecule has 0 saturated heterocycles. The van der Waals surface area contributed by atoms with E-state index < -0.39 is 0 Å². The lowest BCUT2D eigenvalue weighted by molar-refractivity contribution is -0.121. The van der Waals surface area contributed by atoms with Crippen molar-refractivity contribution in [3.05, 3.63) is 24.2 Å². The van der Waals surface area contributed by atoms with Gasteiger partial charge >= 0.3 is 0 Å². The van der Waals surface area contributed by atoms with E-state index in [9.17, 15) is 4.79 Å². The van der Waals surface area contributed by atoms with E-state index >= 15 is 0 Å². The summed E-state index contributed by atoms with van der Waals surface area (Å²) in [5.74, 6) is 0.865. The largest absolute Gasteiger partial charge is 0.467 e. The van der Waals surface area contributed by atoms with Crippen LogP contribution in [0.15, 0.2) is 22.8 Å². The average molecular weight is 193 g/mol. The minimum absolute atomic E-state index is 0.428. The fraction of sp³-hybridized carbons (Fsp3) is 0.545. The Morgan fingerprint density at radius 3 is 2.86 bits per heavy atom. The second-order valence-electron chi connectivity index (χ2n) is 3.80. The summed E-state index contributed by atoms with van der Waals surface area (Å²) in [6, 6.07) is 4.19. The molecule has 3 nitrogen and oxygen atoms in total. The molecule has 3 heteroatoms. The van der Waals surface area contributed by atoms with Crippen LogP contribution >= 0.6 is 0 Å². The molecule has 0 bridgehead atoms. The fourth-order valence-corrected chi connectivity index (χ4v) is 2.07. The van der Waals surface area contributed by atoms with E-state index in [-0.39, 0.29) is 0 Å². The van der Waals surface area contributed by atoms with E-state index in [0.717, 1.165) is 25.0 Å². The first-order valence-corrected chi connectivity index (χ1v) is 5.13. The van der Waals surface area contributed by atoms with Gasteiger partial charge in [0.25, 0.3) is 0 Å². The van der Waals surface area contributed by atoms with Gasteiger partial charge in [0, 0.05) is 6.04 Å². The Labute approximate surface area is 83.7 Å². The number of carbonyl (C=O) groups is 1. The van der Waals surface area contributed by atoms with Crippen molar-refractivity contribution < 1.29 is 9.21 Å². The maximum Gasteiger partial charge on any atom is 0.210 e. The highest BCUT2D eigenvalue weighted by atomic mass is 16.3. The summed E-state index contributed by atoms with van der Waals surface area (Å²) in [4.78, 5) is 12.8. The monoisotopic (exact) mass is 193 g/mol. The lowest BCUT2D eigenvalue weighted by Gasteiger charge is -2.23. The van der Waals surface area contributed by atoms with Crippen molar-refractivity contribution in [3.8, 4) is 0 Å². The van der Waals surface area contributed by atoms with Gasteiger partial charge in [-0.15, -0.1) is 0 Å². The Morgan fingerprint density at radius 1 is 1.50 bits per heavy atom. The van der Waals surface area contributed by atoms with Crippen LogP contribution in [-0.4, -0.2) is 17.4 Å².